The zero-order valence-electron chi connectivity index (χ0n) is 6.48. The van der Waals surface area contributed by atoms with Crippen molar-refractivity contribution in [3.8, 4) is 6.07 Å². The summed E-state index contributed by atoms with van der Waals surface area (Å²) in [5, 5.41) is 12.5. The third-order valence-electron chi connectivity index (χ3n) is 1.48. The largest absolute Gasteiger partial charge is 0.360 e. The van der Waals surface area contributed by atoms with E-state index in [0.717, 1.165) is 5.69 Å². The molecule has 0 bridgehead atoms. The molecule has 0 aromatic carbocycles. The van der Waals surface area contributed by atoms with E-state index in [1.54, 1.807) is 24.0 Å². The smallest absolute Gasteiger partial charge is 0.185 e. The van der Waals surface area contributed by atoms with E-state index in [4.69, 9.17) is 10.00 Å². The first-order valence-electron chi connectivity index (χ1n) is 3.20. The van der Waals surface area contributed by atoms with Crippen molar-refractivity contribution in [1.29, 1.82) is 5.26 Å². The van der Waals surface area contributed by atoms with Crippen LogP contribution in [0.4, 0.5) is 0 Å². The standard InChI is InChI=1S/C7H9N3O/c1-10-6(3-4-9-10)7(5-8)11-2/h3-4,7H,1-2H3. The van der Waals surface area contributed by atoms with Gasteiger partial charge in [0.05, 0.1) is 5.69 Å². The maximum atomic E-state index is 8.61. The summed E-state index contributed by atoms with van der Waals surface area (Å²) in [5.41, 5.74) is 0.773. The minimum absolute atomic E-state index is 0.512. The van der Waals surface area contributed by atoms with Crippen molar-refractivity contribution < 1.29 is 4.74 Å². The summed E-state index contributed by atoms with van der Waals surface area (Å²) in [4.78, 5) is 0. The summed E-state index contributed by atoms with van der Waals surface area (Å²) in [6, 6.07) is 3.77. The van der Waals surface area contributed by atoms with E-state index in [2.05, 4.69) is 5.10 Å². The molecule has 11 heavy (non-hydrogen) atoms. The molecule has 1 aromatic rings. The number of ether oxygens (including phenoxy) is 1. The van der Waals surface area contributed by atoms with Gasteiger partial charge in [-0.3, -0.25) is 4.68 Å². The molecule has 58 valence electrons. The highest BCUT2D eigenvalue weighted by Crippen LogP contribution is 2.12. The van der Waals surface area contributed by atoms with Crippen molar-refractivity contribution in [3.63, 3.8) is 0 Å². The van der Waals surface area contributed by atoms with E-state index in [1.807, 2.05) is 6.07 Å². The Labute approximate surface area is 65.0 Å². The first-order chi connectivity index (χ1) is 5.29. The SMILES string of the molecule is COC(C#N)c1ccnn1C. The molecule has 0 aliphatic heterocycles. The molecule has 1 aromatic heterocycles. The summed E-state index contributed by atoms with van der Waals surface area (Å²) in [5.74, 6) is 0. The lowest BCUT2D eigenvalue weighted by Crippen LogP contribution is -2.05. The van der Waals surface area contributed by atoms with Crippen LogP contribution in [0.2, 0.25) is 0 Å². The summed E-state index contributed by atoms with van der Waals surface area (Å²) in [6.45, 7) is 0. The second-order valence-corrected chi connectivity index (χ2v) is 2.12. The van der Waals surface area contributed by atoms with E-state index in [-0.39, 0.29) is 0 Å². The Balaban J connectivity index is 2.92. The molecule has 1 atom stereocenters. The lowest BCUT2D eigenvalue weighted by Gasteiger charge is -2.05. The molecule has 0 spiro atoms. The number of methoxy groups -OCH3 is 1. The molecule has 0 fully saturated rings. The lowest BCUT2D eigenvalue weighted by atomic mass is 10.3. The fourth-order valence-electron chi connectivity index (χ4n) is 0.881. The van der Waals surface area contributed by atoms with Crippen molar-refractivity contribution in [1.82, 2.24) is 9.78 Å². The molecule has 0 aliphatic rings. The predicted octanol–water partition coefficient (Wildman–Crippen LogP) is 0.631. The van der Waals surface area contributed by atoms with Crippen LogP contribution in [0.25, 0.3) is 0 Å². The topological polar surface area (TPSA) is 50.8 Å². The first kappa shape index (κ1) is 7.76. The van der Waals surface area contributed by atoms with Crippen molar-refractivity contribution in [2.45, 2.75) is 6.10 Å². The molecule has 0 aliphatic carbocycles. The van der Waals surface area contributed by atoms with Crippen LogP contribution in [0.15, 0.2) is 12.3 Å². The zero-order valence-corrected chi connectivity index (χ0v) is 6.48. The second kappa shape index (κ2) is 3.17. The highest BCUT2D eigenvalue weighted by atomic mass is 16.5. The van der Waals surface area contributed by atoms with Gasteiger partial charge in [0.15, 0.2) is 6.10 Å². The van der Waals surface area contributed by atoms with Gasteiger partial charge in [-0.25, -0.2) is 0 Å². The van der Waals surface area contributed by atoms with Crippen molar-refractivity contribution in [3.05, 3.63) is 18.0 Å². The Bertz CT molecular complexity index is 273. The predicted molar refractivity (Wildman–Crippen MR) is 38.6 cm³/mol. The Morgan fingerprint density at radius 3 is 2.91 bits per heavy atom. The van der Waals surface area contributed by atoms with Crippen LogP contribution in [0.5, 0.6) is 0 Å². The number of nitriles is 1. The van der Waals surface area contributed by atoms with Gasteiger partial charge in [-0.1, -0.05) is 0 Å². The van der Waals surface area contributed by atoms with Crippen molar-refractivity contribution in [2.24, 2.45) is 7.05 Å². The minimum Gasteiger partial charge on any atom is -0.360 e. The molecule has 1 heterocycles. The van der Waals surface area contributed by atoms with Gasteiger partial charge >= 0.3 is 0 Å². The molecular formula is C7H9N3O. The van der Waals surface area contributed by atoms with Crippen LogP contribution in [0.1, 0.15) is 11.8 Å². The maximum absolute atomic E-state index is 8.61. The van der Waals surface area contributed by atoms with E-state index < -0.39 is 6.10 Å². The van der Waals surface area contributed by atoms with Gasteiger partial charge in [0.25, 0.3) is 0 Å². The molecule has 4 nitrogen and oxygen atoms in total. The minimum atomic E-state index is -0.512. The van der Waals surface area contributed by atoms with Crippen molar-refractivity contribution in [2.75, 3.05) is 7.11 Å². The Hall–Kier alpha value is -1.34. The van der Waals surface area contributed by atoms with Crippen LogP contribution in [0.3, 0.4) is 0 Å². The van der Waals surface area contributed by atoms with Crippen molar-refractivity contribution >= 4 is 0 Å². The van der Waals surface area contributed by atoms with E-state index in [1.165, 1.54) is 7.11 Å². The number of aromatic nitrogens is 2. The van der Waals surface area contributed by atoms with Crippen LogP contribution < -0.4 is 0 Å². The average molecular weight is 151 g/mol. The number of nitrogens with zero attached hydrogens (tertiary/aromatic N) is 3. The molecule has 1 rings (SSSR count). The fraction of sp³-hybridized carbons (Fsp3) is 0.429. The number of hydrogen-bond acceptors (Lipinski definition) is 3. The number of hydrogen-bond donors (Lipinski definition) is 0. The number of aryl methyl sites for hydroxylation is 1. The van der Waals surface area contributed by atoms with Gasteiger partial charge in [0.1, 0.15) is 6.07 Å². The summed E-state index contributed by atoms with van der Waals surface area (Å²) >= 11 is 0. The second-order valence-electron chi connectivity index (χ2n) is 2.12. The van der Waals surface area contributed by atoms with Gasteiger partial charge in [-0.15, -0.1) is 0 Å². The quantitative estimate of drug-likeness (QED) is 0.623. The van der Waals surface area contributed by atoms with E-state index in [0.29, 0.717) is 0 Å². The summed E-state index contributed by atoms with van der Waals surface area (Å²) in [7, 11) is 3.28. The summed E-state index contributed by atoms with van der Waals surface area (Å²) in [6.07, 6.45) is 1.13. The lowest BCUT2D eigenvalue weighted by molar-refractivity contribution is 0.141. The van der Waals surface area contributed by atoms with Gasteiger partial charge in [-0.05, 0) is 6.07 Å². The van der Waals surface area contributed by atoms with Crippen LogP contribution >= 0.6 is 0 Å². The highest BCUT2D eigenvalue weighted by molar-refractivity contribution is 5.11. The zero-order chi connectivity index (χ0) is 8.27. The van der Waals surface area contributed by atoms with Gasteiger partial charge in [0, 0.05) is 20.4 Å². The molecule has 1 unspecified atom stereocenters. The normalized spacial score (nSPS) is 12.5. The molecule has 0 N–H and O–H groups in total. The Morgan fingerprint density at radius 2 is 2.55 bits per heavy atom. The maximum Gasteiger partial charge on any atom is 0.185 e. The van der Waals surface area contributed by atoms with Crippen LogP contribution in [-0.4, -0.2) is 16.9 Å². The third-order valence-corrected chi connectivity index (χ3v) is 1.48. The van der Waals surface area contributed by atoms with Gasteiger partial charge < -0.3 is 4.74 Å². The Morgan fingerprint density at radius 1 is 1.82 bits per heavy atom. The fourth-order valence-corrected chi connectivity index (χ4v) is 0.881. The first-order valence-corrected chi connectivity index (χ1v) is 3.20. The van der Waals surface area contributed by atoms with E-state index in [9.17, 15) is 0 Å². The average Bonchev–Trinajstić information content (AvgIpc) is 2.40. The summed E-state index contributed by atoms with van der Waals surface area (Å²) < 4.78 is 6.53. The van der Waals surface area contributed by atoms with Crippen LogP contribution in [-0.2, 0) is 11.8 Å². The van der Waals surface area contributed by atoms with Gasteiger partial charge in [0.2, 0.25) is 0 Å². The van der Waals surface area contributed by atoms with Crippen LogP contribution in [0, 0.1) is 11.3 Å². The molecular weight excluding hydrogens is 142 g/mol. The molecule has 0 saturated carbocycles. The monoisotopic (exact) mass is 151 g/mol. The molecule has 0 saturated heterocycles. The number of rotatable bonds is 2. The molecule has 0 radical (unpaired) electrons. The highest BCUT2D eigenvalue weighted by Gasteiger charge is 2.11. The molecule has 0 amide bonds. The van der Waals surface area contributed by atoms with Gasteiger partial charge in [-0.2, -0.15) is 10.4 Å². The molecule has 4 heteroatoms. The van der Waals surface area contributed by atoms with E-state index >= 15 is 0 Å². The Kier molecular flexibility index (Phi) is 2.24. The third kappa shape index (κ3) is 1.38.